The summed E-state index contributed by atoms with van der Waals surface area (Å²) in [5.74, 6) is 0.727. The van der Waals surface area contributed by atoms with Gasteiger partial charge in [0.15, 0.2) is 15.8 Å². The lowest BCUT2D eigenvalue weighted by atomic mass is 10.2. The molecular weight excluding hydrogens is 513 g/mol. The average molecular weight is 543 g/mol. The first-order chi connectivity index (χ1) is 12.8. The molecule has 1 unspecified atom stereocenters. The molecule has 28 heavy (non-hydrogen) atoms. The summed E-state index contributed by atoms with van der Waals surface area (Å²) in [5, 5.41) is 10.2. The van der Waals surface area contributed by atoms with Crippen LogP contribution in [0.15, 0.2) is 4.99 Å². The van der Waals surface area contributed by atoms with Gasteiger partial charge in [0.2, 0.25) is 5.91 Å². The van der Waals surface area contributed by atoms with Gasteiger partial charge in [0.1, 0.15) is 0 Å². The molecule has 8 nitrogen and oxygen atoms in total. The van der Waals surface area contributed by atoms with Gasteiger partial charge in [-0.15, -0.1) is 35.3 Å². The van der Waals surface area contributed by atoms with Crippen molar-refractivity contribution in [3.63, 3.8) is 0 Å². The maximum Gasteiger partial charge on any atom is 0.222 e. The molecule has 1 atom stereocenters. The van der Waals surface area contributed by atoms with Crippen LogP contribution in [0, 0.1) is 13.8 Å². The number of carbonyl (C=O) groups excluding carboxylic acids is 1. The Bertz CT molecular complexity index is 760. The van der Waals surface area contributed by atoms with Gasteiger partial charge in [-0.05, 0) is 27.2 Å². The van der Waals surface area contributed by atoms with Crippen LogP contribution in [0.4, 0.5) is 0 Å². The van der Waals surface area contributed by atoms with Crippen LogP contribution < -0.4 is 16.0 Å². The summed E-state index contributed by atoms with van der Waals surface area (Å²) >= 11 is 1.70. The Morgan fingerprint density at radius 1 is 1.32 bits per heavy atom. The van der Waals surface area contributed by atoms with E-state index in [9.17, 15) is 13.2 Å². The first kappa shape index (κ1) is 25.1. The molecule has 1 aromatic heterocycles. The SMILES string of the molecule is CCNC(=NCCc1nc(C)c(C)s1)NCCC(=O)NC1CCS(=O)(=O)C1.I. The zero-order chi connectivity index (χ0) is 19.9. The minimum absolute atomic E-state index is 0. The molecule has 2 heterocycles. The van der Waals surface area contributed by atoms with Gasteiger partial charge >= 0.3 is 0 Å². The summed E-state index contributed by atoms with van der Waals surface area (Å²) in [4.78, 5) is 22.2. The summed E-state index contributed by atoms with van der Waals surface area (Å²) in [6.07, 6.45) is 1.56. The number of halogens is 1. The molecule has 160 valence electrons. The Hall–Kier alpha value is -0.950. The van der Waals surface area contributed by atoms with Gasteiger partial charge in [0.05, 0.1) is 22.2 Å². The molecule has 0 aliphatic carbocycles. The van der Waals surface area contributed by atoms with Crippen molar-refractivity contribution in [3.8, 4) is 0 Å². The Balaban J connectivity index is 0.00000392. The molecule has 3 N–H and O–H groups in total. The number of aliphatic imine (C=N–C) groups is 1. The molecule has 1 amide bonds. The fourth-order valence-corrected chi connectivity index (χ4v) is 5.35. The zero-order valence-corrected chi connectivity index (χ0v) is 20.5. The molecule has 11 heteroatoms. The van der Waals surface area contributed by atoms with Crippen molar-refractivity contribution < 1.29 is 13.2 Å². The number of thiazole rings is 1. The van der Waals surface area contributed by atoms with Crippen LogP contribution in [-0.4, -0.2) is 62.5 Å². The Morgan fingerprint density at radius 3 is 2.64 bits per heavy atom. The standard InChI is InChI=1S/C17H29N5O3S2.HI/c1-4-18-17(20-9-6-16-21-12(2)13(3)26-16)19-8-5-15(23)22-14-7-10-27(24,25)11-14;/h14H,4-11H2,1-3H3,(H,22,23)(H2,18,19,20);1H. The molecule has 2 rings (SSSR count). The van der Waals surface area contributed by atoms with E-state index in [1.165, 1.54) is 4.88 Å². The highest BCUT2D eigenvalue weighted by atomic mass is 127. The van der Waals surface area contributed by atoms with E-state index >= 15 is 0 Å². The summed E-state index contributed by atoms with van der Waals surface area (Å²) in [6.45, 7) is 7.85. The summed E-state index contributed by atoms with van der Waals surface area (Å²) in [6, 6.07) is -0.255. The van der Waals surface area contributed by atoms with Crippen LogP contribution in [0.2, 0.25) is 0 Å². The molecule has 0 radical (unpaired) electrons. The topological polar surface area (TPSA) is 113 Å². The van der Waals surface area contributed by atoms with E-state index in [4.69, 9.17) is 0 Å². The number of sulfone groups is 1. The highest BCUT2D eigenvalue weighted by Crippen LogP contribution is 2.16. The van der Waals surface area contributed by atoms with Gasteiger partial charge < -0.3 is 16.0 Å². The minimum Gasteiger partial charge on any atom is -0.357 e. The van der Waals surface area contributed by atoms with Crippen molar-refractivity contribution in [3.05, 3.63) is 15.6 Å². The van der Waals surface area contributed by atoms with Crippen molar-refractivity contribution in [2.24, 2.45) is 4.99 Å². The number of carbonyl (C=O) groups is 1. The van der Waals surface area contributed by atoms with Crippen LogP contribution in [0.25, 0.3) is 0 Å². The lowest BCUT2D eigenvalue weighted by Gasteiger charge is -2.13. The zero-order valence-electron chi connectivity index (χ0n) is 16.6. The normalized spacial score (nSPS) is 18.4. The lowest BCUT2D eigenvalue weighted by molar-refractivity contribution is -0.121. The predicted molar refractivity (Wildman–Crippen MR) is 125 cm³/mol. The van der Waals surface area contributed by atoms with Crippen molar-refractivity contribution >= 4 is 57.0 Å². The first-order valence-corrected chi connectivity index (χ1v) is 11.9. The largest absolute Gasteiger partial charge is 0.357 e. The molecule has 1 aliphatic heterocycles. The molecule has 1 fully saturated rings. The Kier molecular flexibility index (Phi) is 10.7. The third kappa shape index (κ3) is 8.60. The summed E-state index contributed by atoms with van der Waals surface area (Å²) < 4.78 is 22.9. The third-order valence-electron chi connectivity index (χ3n) is 4.25. The van der Waals surface area contributed by atoms with Crippen LogP contribution in [0.3, 0.4) is 0 Å². The smallest absolute Gasteiger partial charge is 0.222 e. The van der Waals surface area contributed by atoms with Crippen LogP contribution in [-0.2, 0) is 21.1 Å². The number of aryl methyl sites for hydroxylation is 2. The maximum absolute atomic E-state index is 12.0. The van der Waals surface area contributed by atoms with E-state index in [0.717, 1.165) is 23.7 Å². The van der Waals surface area contributed by atoms with Gasteiger partial charge in [-0.1, -0.05) is 0 Å². The lowest BCUT2D eigenvalue weighted by Crippen LogP contribution is -2.41. The minimum atomic E-state index is -2.98. The molecule has 0 saturated carbocycles. The second kappa shape index (κ2) is 11.9. The molecule has 1 saturated heterocycles. The van der Waals surface area contributed by atoms with Gasteiger partial charge in [-0.2, -0.15) is 0 Å². The van der Waals surface area contributed by atoms with E-state index in [-0.39, 0.29) is 53.9 Å². The van der Waals surface area contributed by atoms with E-state index in [1.54, 1.807) is 11.3 Å². The Morgan fingerprint density at radius 2 is 2.07 bits per heavy atom. The van der Waals surface area contributed by atoms with E-state index in [0.29, 0.717) is 25.5 Å². The number of nitrogens with one attached hydrogen (secondary N) is 3. The van der Waals surface area contributed by atoms with E-state index < -0.39 is 9.84 Å². The monoisotopic (exact) mass is 543 g/mol. The quantitative estimate of drug-likeness (QED) is 0.258. The first-order valence-electron chi connectivity index (χ1n) is 9.24. The fourth-order valence-electron chi connectivity index (χ4n) is 2.75. The second-order valence-electron chi connectivity index (χ2n) is 6.60. The molecular formula is C17H30IN5O3S2. The molecule has 0 bridgehead atoms. The fraction of sp³-hybridized carbons (Fsp3) is 0.706. The van der Waals surface area contributed by atoms with Gasteiger partial charge in [0.25, 0.3) is 0 Å². The highest BCUT2D eigenvalue weighted by Gasteiger charge is 2.28. The number of hydrogen-bond donors (Lipinski definition) is 3. The third-order valence-corrected chi connectivity index (χ3v) is 7.16. The number of rotatable bonds is 8. The number of hydrogen-bond acceptors (Lipinski definition) is 6. The van der Waals surface area contributed by atoms with Crippen molar-refractivity contribution in [2.75, 3.05) is 31.1 Å². The number of amides is 1. The van der Waals surface area contributed by atoms with Crippen LogP contribution in [0.1, 0.15) is 35.3 Å². The van der Waals surface area contributed by atoms with Gasteiger partial charge in [-0.25, -0.2) is 13.4 Å². The number of guanidine groups is 1. The van der Waals surface area contributed by atoms with Crippen molar-refractivity contribution in [1.29, 1.82) is 0 Å². The number of aromatic nitrogens is 1. The Labute approximate surface area is 188 Å². The molecule has 1 aliphatic rings. The predicted octanol–water partition coefficient (Wildman–Crippen LogP) is 1.17. The van der Waals surface area contributed by atoms with E-state index in [1.807, 2.05) is 13.8 Å². The van der Waals surface area contributed by atoms with Crippen molar-refractivity contribution in [2.45, 2.75) is 46.1 Å². The molecule has 0 aromatic carbocycles. The summed E-state index contributed by atoms with van der Waals surface area (Å²) in [7, 11) is -2.98. The summed E-state index contributed by atoms with van der Waals surface area (Å²) in [5.41, 5.74) is 1.07. The maximum atomic E-state index is 12.0. The number of nitrogens with zero attached hydrogens (tertiary/aromatic N) is 2. The van der Waals surface area contributed by atoms with Crippen LogP contribution in [0.5, 0.6) is 0 Å². The average Bonchev–Trinajstić information content (AvgIpc) is 3.08. The molecule has 1 aromatic rings. The molecule has 0 spiro atoms. The van der Waals surface area contributed by atoms with Crippen molar-refractivity contribution in [1.82, 2.24) is 20.9 Å². The highest BCUT2D eigenvalue weighted by molar-refractivity contribution is 14.0. The van der Waals surface area contributed by atoms with Gasteiger partial charge in [-0.3, -0.25) is 9.79 Å². The van der Waals surface area contributed by atoms with E-state index in [2.05, 4.69) is 32.9 Å². The van der Waals surface area contributed by atoms with Crippen LogP contribution >= 0.6 is 35.3 Å². The van der Waals surface area contributed by atoms with Gasteiger partial charge in [0, 0.05) is 43.4 Å². The second-order valence-corrected chi connectivity index (χ2v) is 10.1.